The summed E-state index contributed by atoms with van der Waals surface area (Å²) in [6.45, 7) is -0.0409. The second-order valence-corrected chi connectivity index (χ2v) is 6.09. The normalized spacial score (nSPS) is 11.0. The Labute approximate surface area is 144 Å². The average Bonchev–Trinajstić information content (AvgIpc) is 2.50. The fraction of sp³-hybridized carbons (Fsp3) is 0.188. The van der Waals surface area contributed by atoms with E-state index in [0.717, 1.165) is 12.1 Å². The third-order valence-corrected chi connectivity index (χ3v) is 3.67. The highest BCUT2D eigenvalue weighted by Gasteiger charge is 2.16. The van der Waals surface area contributed by atoms with Gasteiger partial charge in [-0.05, 0) is 31.3 Å². The maximum absolute atomic E-state index is 13.7. The van der Waals surface area contributed by atoms with Crippen LogP contribution in [0, 0.1) is 23.3 Å². The Kier molecular flexibility index (Phi) is 5.95. The molecule has 1 N–H and O–H groups in total. The molecule has 0 bridgehead atoms. The van der Waals surface area contributed by atoms with Crippen LogP contribution in [0.4, 0.5) is 23.2 Å². The molecule has 0 unspecified atom stereocenters. The Hall–Kier alpha value is -1.93. The van der Waals surface area contributed by atoms with Gasteiger partial charge in [-0.25, -0.2) is 17.6 Å². The molecule has 0 atom stereocenters. The van der Waals surface area contributed by atoms with E-state index in [9.17, 15) is 22.4 Å². The van der Waals surface area contributed by atoms with Crippen molar-refractivity contribution in [1.29, 1.82) is 0 Å². The number of amides is 1. The number of carbonyl (C=O) groups excluding carboxylic acids is 1. The number of nitrogens with one attached hydrogen (secondary N) is 1. The van der Waals surface area contributed by atoms with Crippen molar-refractivity contribution >= 4 is 27.5 Å². The zero-order chi connectivity index (χ0) is 17.9. The van der Waals surface area contributed by atoms with Gasteiger partial charge in [-0.2, -0.15) is 0 Å². The molecular formula is C16H13BrF4N2O. The SMILES string of the molecule is CN(CC(=O)Nc1ccc(F)c(F)c1F)Cc1ccc(Br)cc1F. The first-order valence-electron chi connectivity index (χ1n) is 6.83. The highest BCUT2D eigenvalue weighted by Crippen LogP contribution is 2.20. The molecule has 1 amide bonds. The monoisotopic (exact) mass is 404 g/mol. The molecule has 2 rings (SSSR count). The van der Waals surface area contributed by atoms with Crippen LogP contribution in [0.25, 0.3) is 0 Å². The molecule has 0 saturated carbocycles. The summed E-state index contributed by atoms with van der Waals surface area (Å²) in [5, 5.41) is 2.16. The van der Waals surface area contributed by atoms with Crippen LogP contribution in [-0.4, -0.2) is 24.4 Å². The van der Waals surface area contributed by atoms with E-state index in [0.29, 0.717) is 10.0 Å². The minimum absolute atomic E-state index is 0.146. The van der Waals surface area contributed by atoms with Crippen molar-refractivity contribution in [2.75, 3.05) is 18.9 Å². The molecule has 0 aliphatic rings. The van der Waals surface area contributed by atoms with E-state index >= 15 is 0 Å². The number of halogens is 5. The number of rotatable bonds is 5. The van der Waals surface area contributed by atoms with E-state index in [1.807, 2.05) is 0 Å². The molecule has 0 aliphatic heterocycles. The van der Waals surface area contributed by atoms with Crippen LogP contribution in [0.5, 0.6) is 0 Å². The Balaban J connectivity index is 1.98. The van der Waals surface area contributed by atoms with E-state index < -0.39 is 34.9 Å². The molecule has 3 nitrogen and oxygen atoms in total. The molecule has 0 aromatic heterocycles. The summed E-state index contributed by atoms with van der Waals surface area (Å²) in [5.74, 6) is -5.53. The number of anilines is 1. The van der Waals surface area contributed by atoms with Crippen molar-refractivity contribution in [1.82, 2.24) is 4.90 Å². The van der Waals surface area contributed by atoms with Crippen LogP contribution in [0.2, 0.25) is 0 Å². The molecule has 2 aromatic rings. The number of likely N-dealkylation sites (N-methyl/N-ethyl adjacent to an activating group) is 1. The molecule has 24 heavy (non-hydrogen) atoms. The number of hydrogen-bond donors (Lipinski definition) is 1. The number of hydrogen-bond acceptors (Lipinski definition) is 2. The third kappa shape index (κ3) is 4.55. The predicted molar refractivity (Wildman–Crippen MR) is 85.4 cm³/mol. The van der Waals surface area contributed by atoms with Gasteiger partial charge in [0.05, 0.1) is 12.2 Å². The summed E-state index contributed by atoms with van der Waals surface area (Å²) in [5.41, 5.74) is -0.0744. The topological polar surface area (TPSA) is 32.3 Å². The van der Waals surface area contributed by atoms with Gasteiger partial charge in [0, 0.05) is 16.6 Å². The van der Waals surface area contributed by atoms with Crippen LogP contribution in [0.15, 0.2) is 34.8 Å². The van der Waals surface area contributed by atoms with Gasteiger partial charge in [0.25, 0.3) is 0 Å². The molecule has 2 aromatic carbocycles. The molecule has 0 spiro atoms. The van der Waals surface area contributed by atoms with E-state index in [-0.39, 0.29) is 13.1 Å². The van der Waals surface area contributed by atoms with Gasteiger partial charge in [-0.3, -0.25) is 9.69 Å². The maximum Gasteiger partial charge on any atom is 0.238 e. The van der Waals surface area contributed by atoms with Gasteiger partial charge in [0.1, 0.15) is 5.82 Å². The molecule has 0 aliphatic carbocycles. The van der Waals surface area contributed by atoms with Gasteiger partial charge in [-0.15, -0.1) is 0 Å². The molecule has 8 heteroatoms. The quantitative estimate of drug-likeness (QED) is 0.601. The van der Waals surface area contributed by atoms with Gasteiger partial charge < -0.3 is 5.32 Å². The summed E-state index contributed by atoms with van der Waals surface area (Å²) >= 11 is 3.15. The summed E-state index contributed by atoms with van der Waals surface area (Å²) < 4.78 is 53.8. The minimum Gasteiger partial charge on any atom is -0.322 e. The van der Waals surface area contributed by atoms with E-state index in [2.05, 4.69) is 21.2 Å². The lowest BCUT2D eigenvalue weighted by Crippen LogP contribution is -2.30. The molecule has 0 heterocycles. The lowest BCUT2D eigenvalue weighted by Gasteiger charge is -2.17. The minimum atomic E-state index is -1.65. The van der Waals surface area contributed by atoms with E-state index in [4.69, 9.17) is 0 Å². The summed E-state index contributed by atoms with van der Waals surface area (Å²) in [4.78, 5) is 13.4. The molecule has 0 radical (unpaired) electrons. The maximum atomic E-state index is 13.7. The standard InChI is InChI=1S/C16H13BrF4N2O/c1-23(7-9-2-3-10(17)6-12(9)19)8-14(24)22-13-5-4-11(18)15(20)16(13)21/h2-6H,7-8H2,1H3,(H,22,24). The van der Waals surface area contributed by atoms with Crippen molar-refractivity contribution in [2.45, 2.75) is 6.54 Å². The van der Waals surface area contributed by atoms with Crippen molar-refractivity contribution in [2.24, 2.45) is 0 Å². The summed E-state index contributed by atoms with van der Waals surface area (Å²) in [7, 11) is 1.57. The van der Waals surface area contributed by atoms with Crippen molar-refractivity contribution in [3.05, 3.63) is 63.6 Å². The second-order valence-electron chi connectivity index (χ2n) is 5.18. The summed E-state index contributed by atoms with van der Waals surface area (Å²) in [6.07, 6.45) is 0. The number of nitrogens with zero attached hydrogens (tertiary/aromatic N) is 1. The summed E-state index contributed by atoms with van der Waals surface area (Å²) in [6, 6.07) is 6.20. The highest BCUT2D eigenvalue weighted by molar-refractivity contribution is 9.10. The highest BCUT2D eigenvalue weighted by atomic mass is 79.9. The van der Waals surface area contributed by atoms with Crippen LogP contribution >= 0.6 is 15.9 Å². The Bertz CT molecular complexity index is 770. The van der Waals surface area contributed by atoms with E-state index in [1.165, 1.54) is 11.0 Å². The number of carbonyl (C=O) groups is 1. The molecular weight excluding hydrogens is 392 g/mol. The Morgan fingerprint density at radius 1 is 1.08 bits per heavy atom. The van der Waals surface area contributed by atoms with Crippen LogP contribution < -0.4 is 5.32 Å². The average molecular weight is 405 g/mol. The number of benzene rings is 2. The van der Waals surface area contributed by atoms with Crippen LogP contribution in [-0.2, 0) is 11.3 Å². The van der Waals surface area contributed by atoms with Crippen LogP contribution in [0.1, 0.15) is 5.56 Å². The van der Waals surface area contributed by atoms with Crippen molar-refractivity contribution in [3.8, 4) is 0 Å². The molecule has 128 valence electrons. The Morgan fingerprint density at radius 2 is 1.79 bits per heavy atom. The van der Waals surface area contributed by atoms with Gasteiger partial charge in [-0.1, -0.05) is 22.0 Å². The zero-order valence-corrected chi connectivity index (χ0v) is 14.1. The first-order valence-corrected chi connectivity index (χ1v) is 7.63. The smallest absolute Gasteiger partial charge is 0.238 e. The van der Waals surface area contributed by atoms with Gasteiger partial charge in [0.15, 0.2) is 17.5 Å². The third-order valence-electron chi connectivity index (χ3n) is 3.18. The fourth-order valence-corrected chi connectivity index (χ4v) is 2.39. The van der Waals surface area contributed by atoms with Crippen molar-refractivity contribution < 1.29 is 22.4 Å². The predicted octanol–water partition coefficient (Wildman–Crippen LogP) is 4.08. The Morgan fingerprint density at radius 3 is 2.46 bits per heavy atom. The largest absolute Gasteiger partial charge is 0.322 e. The molecule has 0 fully saturated rings. The lowest BCUT2D eigenvalue weighted by atomic mass is 10.2. The van der Waals surface area contributed by atoms with E-state index in [1.54, 1.807) is 19.2 Å². The van der Waals surface area contributed by atoms with Gasteiger partial charge in [0.2, 0.25) is 5.91 Å². The molecule has 0 saturated heterocycles. The first-order chi connectivity index (χ1) is 11.3. The van der Waals surface area contributed by atoms with Crippen molar-refractivity contribution in [3.63, 3.8) is 0 Å². The lowest BCUT2D eigenvalue weighted by molar-refractivity contribution is -0.117. The zero-order valence-electron chi connectivity index (χ0n) is 12.5. The second kappa shape index (κ2) is 7.76. The fourth-order valence-electron chi connectivity index (χ4n) is 2.05. The van der Waals surface area contributed by atoms with Crippen LogP contribution in [0.3, 0.4) is 0 Å². The first kappa shape index (κ1) is 18.4. The van der Waals surface area contributed by atoms with Gasteiger partial charge >= 0.3 is 0 Å².